The Morgan fingerprint density at radius 2 is 1.58 bits per heavy atom. The van der Waals surface area contributed by atoms with E-state index in [1.165, 1.54) is 92.9 Å². The van der Waals surface area contributed by atoms with Crippen molar-refractivity contribution in [3.63, 3.8) is 0 Å². The normalized spacial score (nSPS) is 42.7. The fourth-order valence-electron chi connectivity index (χ4n) is 12.9. The van der Waals surface area contributed by atoms with Gasteiger partial charge < -0.3 is 11.1 Å². The second kappa shape index (κ2) is 12.7. The molecule has 0 heterocycles. The molecule has 2 nitrogen and oxygen atoms in total. The first kappa shape index (κ1) is 33.1. The zero-order chi connectivity index (χ0) is 32.1. The average molecular weight is 611 g/mol. The van der Waals surface area contributed by atoms with Crippen LogP contribution in [0.5, 0.6) is 0 Å². The van der Waals surface area contributed by atoms with Crippen LogP contribution >= 0.6 is 0 Å². The van der Waals surface area contributed by atoms with Gasteiger partial charge in [-0.2, -0.15) is 0 Å². The summed E-state index contributed by atoms with van der Waals surface area (Å²) in [6.07, 6.45) is 26.8. The molecule has 2 heteroatoms. The highest BCUT2D eigenvalue weighted by Gasteiger charge is 2.64. The van der Waals surface area contributed by atoms with Crippen molar-refractivity contribution in [1.82, 2.24) is 5.32 Å². The molecule has 248 valence electrons. The Labute approximate surface area is 277 Å². The molecule has 0 radical (unpaired) electrons. The minimum Gasteiger partial charge on any atom is -0.385 e. The van der Waals surface area contributed by atoms with Crippen LogP contribution in [0.15, 0.2) is 71.5 Å². The minimum absolute atomic E-state index is 0.421. The molecule has 5 fully saturated rings. The molecule has 0 aliphatic heterocycles. The smallest absolute Gasteiger partial charge is 0.0267 e. The first-order valence-corrected chi connectivity index (χ1v) is 18.9. The highest BCUT2D eigenvalue weighted by molar-refractivity contribution is 5.42. The fourth-order valence-corrected chi connectivity index (χ4v) is 12.9. The number of hydrogen-bond acceptors (Lipinski definition) is 2. The quantitative estimate of drug-likeness (QED) is 0.201. The van der Waals surface area contributed by atoms with E-state index in [2.05, 4.69) is 77.9 Å². The topological polar surface area (TPSA) is 38.0 Å². The molecule has 0 aromatic heterocycles. The number of nitrogens with two attached hydrogens (primary N) is 1. The zero-order valence-electron chi connectivity index (χ0n) is 29.8. The predicted octanol–water partition coefficient (Wildman–Crippen LogP) is 11.0. The van der Waals surface area contributed by atoms with Crippen LogP contribution in [-0.4, -0.2) is 12.6 Å². The maximum atomic E-state index is 6.64. The van der Waals surface area contributed by atoms with Gasteiger partial charge >= 0.3 is 0 Å². The van der Waals surface area contributed by atoms with Crippen LogP contribution in [0.2, 0.25) is 0 Å². The van der Waals surface area contributed by atoms with Gasteiger partial charge in [0.15, 0.2) is 0 Å². The van der Waals surface area contributed by atoms with Gasteiger partial charge in [0.2, 0.25) is 0 Å². The third-order valence-corrected chi connectivity index (χ3v) is 15.1. The summed E-state index contributed by atoms with van der Waals surface area (Å²) in [5.74, 6) is 5.17. The standard InChI is InChI=1S/C43H66N2/c1-28(2)24-33-14-13-32(26-34(33)25-29(3)4)12-11-30(5)45-27-43-20-9-10-38(43)35-15-16-40-41(7)22-19-39(44)31(6)36(41)17-21-42(40,8)37(35)18-23-43/h11-12,26,31,35-40,45H,1,3,5,9-10,13-25,27,44H2,2,4,6-8H3/b12-11+. The summed E-state index contributed by atoms with van der Waals surface area (Å²) in [5, 5.41) is 3.89. The fraction of sp³-hybridized carbons (Fsp3) is 0.721. The van der Waals surface area contributed by atoms with Crippen molar-refractivity contribution in [1.29, 1.82) is 0 Å². The molecule has 6 aliphatic rings. The second-order valence-electron chi connectivity index (χ2n) is 17.8. The number of nitrogens with one attached hydrogen (secondary N) is 1. The Bertz CT molecular complexity index is 1280. The van der Waals surface area contributed by atoms with E-state index in [1.807, 2.05) is 0 Å². The van der Waals surface area contributed by atoms with E-state index in [0.29, 0.717) is 28.2 Å². The summed E-state index contributed by atoms with van der Waals surface area (Å²) in [6.45, 7) is 26.2. The molecule has 0 aromatic carbocycles. The minimum atomic E-state index is 0.421. The summed E-state index contributed by atoms with van der Waals surface area (Å²) < 4.78 is 0. The van der Waals surface area contributed by atoms with Gasteiger partial charge in [0, 0.05) is 18.3 Å². The lowest BCUT2D eigenvalue weighted by atomic mass is 9.37. The van der Waals surface area contributed by atoms with Crippen molar-refractivity contribution in [3.8, 4) is 0 Å². The average Bonchev–Trinajstić information content (AvgIpc) is 3.42. The lowest BCUT2D eigenvalue weighted by Crippen LogP contribution is -2.62. The largest absolute Gasteiger partial charge is 0.385 e. The predicted molar refractivity (Wildman–Crippen MR) is 194 cm³/mol. The highest BCUT2D eigenvalue weighted by Crippen LogP contribution is 2.71. The molecular weight excluding hydrogens is 544 g/mol. The lowest BCUT2D eigenvalue weighted by molar-refractivity contribution is -0.184. The third-order valence-electron chi connectivity index (χ3n) is 15.1. The monoisotopic (exact) mass is 611 g/mol. The summed E-state index contributed by atoms with van der Waals surface area (Å²) in [7, 11) is 0. The van der Waals surface area contributed by atoms with Gasteiger partial charge in [0.25, 0.3) is 0 Å². The number of fused-ring (bicyclic) bond motifs is 7. The maximum absolute atomic E-state index is 6.64. The highest BCUT2D eigenvalue weighted by atomic mass is 14.9. The molecular formula is C43H66N2. The van der Waals surface area contributed by atoms with Crippen molar-refractivity contribution in [2.24, 2.45) is 57.5 Å². The van der Waals surface area contributed by atoms with Crippen LogP contribution in [0, 0.1) is 51.8 Å². The van der Waals surface area contributed by atoms with Gasteiger partial charge in [-0.15, -0.1) is 0 Å². The van der Waals surface area contributed by atoms with Crippen molar-refractivity contribution < 1.29 is 0 Å². The molecule has 0 spiro atoms. The van der Waals surface area contributed by atoms with Crippen LogP contribution in [-0.2, 0) is 0 Å². The SMILES string of the molecule is C=C(C)CC1=C(CC(=C)C)CCC(/C=C/C(=C)NCC23CCCC2C2CCC4C5(C)CCC(N)C(C)C5CCC4(C)C2CC3)=C1. The van der Waals surface area contributed by atoms with Crippen LogP contribution < -0.4 is 11.1 Å². The molecule has 3 N–H and O–H groups in total. The summed E-state index contributed by atoms with van der Waals surface area (Å²) in [4.78, 5) is 0. The molecule has 5 saturated carbocycles. The summed E-state index contributed by atoms with van der Waals surface area (Å²) >= 11 is 0. The van der Waals surface area contributed by atoms with Crippen LogP contribution in [0.25, 0.3) is 0 Å². The molecule has 0 saturated heterocycles. The van der Waals surface area contributed by atoms with Crippen molar-refractivity contribution in [2.45, 2.75) is 137 Å². The van der Waals surface area contributed by atoms with Crippen molar-refractivity contribution >= 4 is 0 Å². The first-order valence-electron chi connectivity index (χ1n) is 18.9. The van der Waals surface area contributed by atoms with E-state index in [1.54, 1.807) is 5.57 Å². The third kappa shape index (κ3) is 6.05. The Morgan fingerprint density at radius 1 is 0.867 bits per heavy atom. The number of allylic oxidation sites excluding steroid dienone is 8. The number of hydrogen-bond donors (Lipinski definition) is 2. The van der Waals surface area contributed by atoms with Gasteiger partial charge in [-0.3, -0.25) is 0 Å². The zero-order valence-corrected chi connectivity index (χ0v) is 29.8. The van der Waals surface area contributed by atoms with Crippen LogP contribution in [0.4, 0.5) is 0 Å². The van der Waals surface area contributed by atoms with E-state index < -0.39 is 0 Å². The summed E-state index contributed by atoms with van der Waals surface area (Å²) in [5.41, 5.74) is 16.1. The molecule has 10 atom stereocenters. The van der Waals surface area contributed by atoms with Gasteiger partial charge in [0.1, 0.15) is 0 Å². The van der Waals surface area contributed by atoms with Crippen molar-refractivity contribution in [2.75, 3.05) is 6.54 Å². The molecule has 0 aromatic rings. The van der Waals surface area contributed by atoms with Crippen LogP contribution in [0.1, 0.15) is 131 Å². The Morgan fingerprint density at radius 3 is 2.33 bits per heavy atom. The molecule has 0 bridgehead atoms. The Kier molecular flexibility index (Phi) is 9.32. The van der Waals surface area contributed by atoms with E-state index >= 15 is 0 Å². The molecule has 6 rings (SSSR count). The van der Waals surface area contributed by atoms with E-state index in [0.717, 1.165) is 67.5 Å². The summed E-state index contributed by atoms with van der Waals surface area (Å²) in [6, 6.07) is 0.421. The first-order chi connectivity index (χ1) is 21.4. The molecule has 45 heavy (non-hydrogen) atoms. The van der Waals surface area contributed by atoms with Crippen LogP contribution in [0.3, 0.4) is 0 Å². The Hall–Kier alpha value is -1.80. The second-order valence-corrected chi connectivity index (χ2v) is 17.8. The number of rotatable bonds is 9. The van der Waals surface area contributed by atoms with Gasteiger partial charge in [-0.25, -0.2) is 0 Å². The van der Waals surface area contributed by atoms with E-state index in [4.69, 9.17) is 5.73 Å². The van der Waals surface area contributed by atoms with E-state index in [9.17, 15) is 0 Å². The van der Waals surface area contributed by atoms with Gasteiger partial charge in [-0.1, -0.05) is 75.8 Å². The molecule has 10 unspecified atom stereocenters. The van der Waals surface area contributed by atoms with Gasteiger partial charge in [0.05, 0.1) is 0 Å². The van der Waals surface area contributed by atoms with E-state index in [-0.39, 0.29) is 0 Å². The maximum Gasteiger partial charge on any atom is 0.0267 e. The molecule has 6 aliphatic carbocycles. The van der Waals surface area contributed by atoms with Crippen molar-refractivity contribution in [3.05, 3.63) is 71.5 Å². The molecule has 0 amide bonds. The lowest BCUT2D eigenvalue weighted by Gasteiger charge is -2.68. The Balaban J connectivity index is 1.11. The van der Waals surface area contributed by atoms with Gasteiger partial charge in [-0.05, 0) is 173 Å².